The molecule has 0 fully saturated rings. The normalized spacial score (nSPS) is 11.8. The van der Waals surface area contributed by atoms with E-state index < -0.39 is 6.04 Å². The van der Waals surface area contributed by atoms with Gasteiger partial charge in [0.15, 0.2) is 11.6 Å². The molecule has 0 saturated carbocycles. The van der Waals surface area contributed by atoms with E-state index in [1.165, 1.54) is 6.20 Å². The zero-order valence-electron chi connectivity index (χ0n) is 16.2. The van der Waals surface area contributed by atoms with E-state index in [9.17, 15) is 4.79 Å². The number of carbonyl (C=O) groups is 1. The first-order chi connectivity index (χ1) is 14.6. The second-order valence-electron chi connectivity index (χ2n) is 6.51. The van der Waals surface area contributed by atoms with Gasteiger partial charge in [0, 0.05) is 19.2 Å². The number of aliphatic hydroxyl groups excluding tert-OH is 2. The summed E-state index contributed by atoms with van der Waals surface area (Å²) in [4.78, 5) is 21.3. The molecule has 1 atom stereocenters. The minimum atomic E-state index is -0.662. The number of nitrogens with zero attached hydrogens (tertiary/aromatic N) is 4. The molecule has 3 aromatic rings. The van der Waals surface area contributed by atoms with Crippen molar-refractivity contribution in [3.8, 4) is 0 Å². The van der Waals surface area contributed by atoms with Gasteiger partial charge in [0.1, 0.15) is 11.1 Å². The molecular formula is C20H23ClN6O3. The maximum atomic E-state index is 12.8. The smallest absolute Gasteiger partial charge is 0.229 e. The van der Waals surface area contributed by atoms with Crippen LogP contribution in [0.1, 0.15) is 24.4 Å². The number of nitrogens with one attached hydrogen (secondary N) is 2. The van der Waals surface area contributed by atoms with Crippen LogP contribution >= 0.6 is 11.6 Å². The van der Waals surface area contributed by atoms with Gasteiger partial charge in [0.05, 0.1) is 31.2 Å². The summed E-state index contributed by atoms with van der Waals surface area (Å²) in [7, 11) is 0. The quantitative estimate of drug-likeness (QED) is 0.365. The predicted molar refractivity (Wildman–Crippen MR) is 114 cm³/mol. The number of ketones is 1. The molecular weight excluding hydrogens is 408 g/mol. The highest BCUT2D eigenvalue weighted by atomic mass is 35.5. The van der Waals surface area contributed by atoms with Crippen molar-refractivity contribution in [1.82, 2.24) is 19.7 Å². The number of hydrogen-bond donors (Lipinski definition) is 4. The molecule has 1 aromatic carbocycles. The van der Waals surface area contributed by atoms with Gasteiger partial charge in [0.25, 0.3) is 0 Å². The Morgan fingerprint density at radius 1 is 1.17 bits per heavy atom. The van der Waals surface area contributed by atoms with Crippen LogP contribution in [0.5, 0.6) is 0 Å². The predicted octanol–water partition coefficient (Wildman–Crippen LogP) is 2.56. The lowest BCUT2D eigenvalue weighted by Crippen LogP contribution is -2.22. The molecule has 10 heteroatoms. The molecule has 0 radical (unpaired) electrons. The molecule has 0 amide bonds. The average Bonchev–Trinajstić information content (AvgIpc) is 3.20. The Morgan fingerprint density at radius 2 is 1.97 bits per heavy atom. The number of hydrogen-bond acceptors (Lipinski definition) is 8. The topological polar surface area (TPSA) is 125 Å². The monoisotopic (exact) mass is 430 g/mol. The summed E-state index contributed by atoms with van der Waals surface area (Å²) in [6.07, 6.45) is 5.35. The Morgan fingerprint density at radius 3 is 2.70 bits per heavy atom. The number of anilines is 3. The molecule has 9 nitrogen and oxygen atoms in total. The fourth-order valence-electron chi connectivity index (χ4n) is 2.84. The first-order valence-electron chi connectivity index (χ1n) is 9.48. The van der Waals surface area contributed by atoms with Crippen molar-refractivity contribution in [2.24, 2.45) is 0 Å². The van der Waals surface area contributed by atoms with Crippen molar-refractivity contribution >= 4 is 34.8 Å². The number of carbonyl (C=O) groups excluding carboxylic acids is 1. The molecule has 3 rings (SSSR count). The van der Waals surface area contributed by atoms with Crippen molar-refractivity contribution in [3.63, 3.8) is 0 Å². The van der Waals surface area contributed by atoms with Gasteiger partial charge in [-0.2, -0.15) is 10.1 Å². The van der Waals surface area contributed by atoms with Gasteiger partial charge in [-0.15, -0.1) is 0 Å². The maximum absolute atomic E-state index is 12.8. The van der Waals surface area contributed by atoms with Crippen LogP contribution in [0.2, 0.25) is 5.02 Å². The van der Waals surface area contributed by atoms with E-state index in [1.54, 1.807) is 17.1 Å². The summed E-state index contributed by atoms with van der Waals surface area (Å²) in [5, 5.41) is 28.6. The summed E-state index contributed by atoms with van der Waals surface area (Å²) >= 11 is 6.27. The van der Waals surface area contributed by atoms with Gasteiger partial charge in [-0.05, 0) is 12.0 Å². The molecule has 0 bridgehead atoms. The summed E-state index contributed by atoms with van der Waals surface area (Å²) in [5.41, 5.74) is 1.42. The molecule has 4 N–H and O–H groups in total. The van der Waals surface area contributed by atoms with Crippen LogP contribution in [0.3, 0.4) is 0 Å². The largest absolute Gasteiger partial charge is 0.396 e. The van der Waals surface area contributed by atoms with E-state index in [-0.39, 0.29) is 36.4 Å². The second-order valence-corrected chi connectivity index (χ2v) is 6.92. The molecule has 0 aliphatic carbocycles. The van der Waals surface area contributed by atoms with Crippen LogP contribution in [0.15, 0.2) is 48.9 Å². The lowest BCUT2D eigenvalue weighted by atomic mass is 9.99. The molecule has 0 unspecified atom stereocenters. The van der Waals surface area contributed by atoms with Crippen molar-refractivity contribution < 1.29 is 15.0 Å². The third kappa shape index (κ3) is 5.76. The van der Waals surface area contributed by atoms with E-state index in [4.69, 9.17) is 21.8 Å². The first-order valence-corrected chi connectivity index (χ1v) is 9.86. The van der Waals surface area contributed by atoms with Crippen molar-refractivity contribution in [3.05, 3.63) is 59.5 Å². The maximum Gasteiger partial charge on any atom is 0.229 e. The van der Waals surface area contributed by atoms with E-state index in [2.05, 4.69) is 25.7 Å². The molecule has 158 valence electrons. The second kappa shape index (κ2) is 10.7. The summed E-state index contributed by atoms with van der Waals surface area (Å²) in [6, 6.07) is 8.60. The Balaban J connectivity index is 1.81. The van der Waals surface area contributed by atoms with E-state index in [0.29, 0.717) is 24.5 Å². The van der Waals surface area contributed by atoms with Gasteiger partial charge in [0.2, 0.25) is 5.95 Å². The van der Waals surface area contributed by atoms with Crippen LogP contribution in [-0.2, 0) is 11.3 Å². The SMILES string of the molecule is O=C(CCCO)[C@@H](Nc1nc(Nc2cnn(CCO)c2)ncc1Cl)c1ccccc1. The highest BCUT2D eigenvalue weighted by molar-refractivity contribution is 6.32. The fourth-order valence-corrected chi connectivity index (χ4v) is 2.99. The number of benzene rings is 1. The molecule has 2 aromatic heterocycles. The number of rotatable bonds is 11. The minimum absolute atomic E-state index is 0.0161. The van der Waals surface area contributed by atoms with Gasteiger partial charge in [-0.25, -0.2) is 4.98 Å². The highest BCUT2D eigenvalue weighted by Crippen LogP contribution is 2.27. The number of Topliss-reactive ketones (excluding diaryl/α,β-unsaturated/α-hetero) is 1. The van der Waals surface area contributed by atoms with Crippen LogP contribution < -0.4 is 10.6 Å². The molecule has 0 saturated heterocycles. The Kier molecular flexibility index (Phi) is 7.72. The molecule has 0 spiro atoms. The van der Waals surface area contributed by atoms with E-state index in [0.717, 1.165) is 5.56 Å². The summed E-state index contributed by atoms with van der Waals surface area (Å²) in [6.45, 7) is 0.308. The molecule has 30 heavy (non-hydrogen) atoms. The number of aliphatic hydroxyl groups is 2. The first kappa shape index (κ1) is 21.7. The van der Waals surface area contributed by atoms with Crippen LogP contribution in [0.25, 0.3) is 0 Å². The third-order valence-corrected chi connectivity index (χ3v) is 4.56. The van der Waals surface area contributed by atoms with Gasteiger partial charge < -0.3 is 20.8 Å². The lowest BCUT2D eigenvalue weighted by Gasteiger charge is -2.19. The van der Waals surface area contributed by atoms with Gasteiger partial charge in [-0.1, -0.05) is 41.9 Å². The Hall–Kier alpha value is -3.01. The van der Waals surface area contributed by atoms with E-state index in [1.807, 2.05) is 30.3 Å². The van der Waals surface area contributed by atoms with Gasteiger partial charge >= 0.3 is 0 Å². The molecule has 0 aliphatic heterocycles. The molecule has 2 heterocycles. The molecule has 0 aliphatic rings. The van der Waals surface area contributed by atoms with Crippen molar-refractivity contribution in [2.75, 3.05) is 23.8 Å². The number of halogens is 1. The fraction of sp³-hybridized carbons (Fsp3) is 0.300. The van der Waals surface area contributed by atoms with Gasteiger partial charge in [-0.3, -0.25) is 9.48 Å². The van der Waals surface area contributed by atoms with Crippen LogP contribution in [-0.4, -0.2) is 49.0 Å². The zero-order chi connectivity index (χ0) is 21.3. The standard InChI is InChI=1S/C20H23ClN6O3/c21-16-12-22-20(24-15-11-23-27(13-15)8-10-29)26-19(16)25-18(17(30)7-4-9-28)14-5-2-1-3-6-14/h1-3,5-6,11-13,18,28-29H,4,7-10H2,(H2,22,24,25,26)/t18-/m0/s1. The lowest BCUT2D eigenvalue weighted by molar-refractivity contribution is -0.120. The Bertz CT molecular complexity index is 966. The highest BCUT2D eigenvalue weighted by Gasteiger charge is 2.22. The van der Waals surface area contributed by atoms with E-state index >= 15 is 0 Å². The van der Waals surface area contributed by atoms with Crippen LogP contribution in [0, 0.1) is 0 Å². The zero-order valence-corrected chi connectivity index (χ0v) is 17.0. The number of aromatic nitrogens is 4. The Labute approximate surface area is 178 Å². The average molecular weight is 431 g/mol. The summed E-state index contributed by atoms with van der Waals surface area (Å²) in [5.74, 6) is 0.507. The van der Waals surface area contributed by atoms with Crippen molar-refractivity contribution in [1.29, 1.82) is 0 Å². The third-order valence-electron chi connectivity index (χ3n) is 4.28. The van der Waals surface area contributed by atoms with Crippen LogP contribution in [0.4, 0.5) is 17.5 Å². The summed E-state index contributed by atoms with van der Waals surface area (Å²) < 4.78 is 1.59. The van der Waals surface area contributed by atoms with Crippen molar-refractivity contribution in [2.45, 2.75) is 25.4 Å². The minimum Gasteiger partial charge on any atom is -0.396 e.